The lowest BCUT2D eigenvalue weighted by Crippen LogP contribution is -2.28. The lowest BCUT2D eigenvalue weighted by molar-refractivity contribution is -0.384. The number of nitro groups is 1. The minimum absolute atomic E-state index is 0.108. The second-order valence-electron chi connectivity index (χ2n) is 6.47. The molecule has 2 aromatic carbocycles. The summed E-state index contributed by atoms with van der Waals surface area (Å²) in [4.78, 5) is 26.8. The highest BCUT2D eigenvalue weighted by Crippen LogP contribution is 2.35. The second-order valence-corrected chi connectivity index (χ2v) is 7.33. The monoisotopic (exact) mass is 451 g/mol. The minimum Gasteiger partial charge on any atom is -0.458 e. The van der Waals surface area contributed by atoms with Gasteiger partial charge in [-0.15, -0.1) is 11.3 Å². The van der Waals surface area contributed by atoms with E-state index in [2.05, 4.69) is 10.3 Å². The van der Waals surface area contributed by atoms with Gasteiger partial charge in [-0.05, 0) is 19.1 Å². The van der Waals surface area contributed by atoms with Crippen molar-refractivity contribution in [2.24, 2.45) is 0 Å². The molecule has 1 atom stereocenters. The van der Waals surface area contributed by atoms with Crippen LogP contribution in [0.5, 0.6) is 0 Å². The SMILES string of the molecule is CC(Nc1ccc(C(F)(F)F)cc1[N+](=O)[O-])C(=O)OCc1csc(-c2ccccc2)n1. The first-order valence-corrected chi connectivity index (χ1v) is 9.81. The smallest absolute Gasteiger partial charge is 0.416 e. The molecule has 0 aliphatic carbocycles. The van der Waals surface area contributed by atoms with E-state index in [0.717, 1.165) is 16.6 Å². The number of alkyl halides is 3. The highest BCUT2D eigenvalue weighted by Gasteiger charge is 2.33. The molecule has 0 saturated carbocycles. The first kappa shape index (κ1) is 22.2. The van der Waals surface area contributed by atoms with Gasteiger partial charge in [0.15, 0.2) is 0 Å². The average Bonchev–Trinajstić information content (AvgIpc) is 3.21. The molecule has 11 heteroatoms. The summed E-state index contributed by atoms with van der Waals surface area (Å²) in [5.41, 5.74) is -0.707. The first-order valence-electron chi connectivity index (χ1n) is 8.94. The summed E-state index contributed by atoms with van der Waals surface area (Å²) in [6.45, 7) is 1.28. The lowest BCUT2D eigenvalue weighted by Gasteiger charge is -2.15. The van der Waals surface area contributed by atoms with Crippen molar-refractivity contribution < 1.29 is 27.6 Å². The number of carbonyl (C=O) groups is 1. The van der Waals surface area contributed by atoms with E-state index in [0.29, 0.717) is 17.8 Å². The normalized spacial score (nSPS) is 12.3. The van der Waals surface area contributed by atoms with Crippen LogP contribution < -0.4 is 5.32 Å². The molecule has 1 unspecified atom stereocenters. The molecule has 162 valence electrons. The quantitative estimate of drug-likeness (QED) is 0.298. The first-order chi connectivity index (χ1) is 14.6. The van der Waals surface area contributed by atoms with Gasteiger partial charge in [-0.25, -0.2) is 9.78 Å². The standard InChI is InChI=1S/C20H16F3N3O4S/c1-12(24-16-8-7-14(20(21,22)23)9-17(16)26(28)29)19(27)30-10-15-11-31-18(25-15)13-5-3-2-4-6-13/h2-9,11-12,24H,10H2,1H3. The predicted octanol–water partition coefficient (Wildman–Crippen LogP) is 5.28. The maximum Gasteiger partial charge on any atom is 0.416 e. The van der Waals surface area contributed by atoms with Crippen LogP contribution in [-0.2, 0) is 22.3 Å². The molecule has 0 radical (unpaired) electrons. The number of esters is 1. The van der Waals surface area contributed by atoms with Gasteiger partial charge in [0.1, 0.15) is 23.3 Å². The zero-order chi connectivity index (χ0) is 22.6. The molecule has 0 bridgehead atoms. The number of ether oxygens (including phenoxy) is 1. The van der Waals surface area contributed by atoms with Crippen LogP contribution in [0.25, 0.3) is 10.6 Å². The van der Waals surface area contributed by atoms with Crippen molar-refractivity contribution in [1.82, 2.24) is 4.98 Å². The molecule has 0 aliphatic rings. The maximum absolute atomic E-state index is 12.8. The number of rotatable bonds is 7. The van der Waals surface area contributed by atoms with E-state index in [-0.39, 0.29) is 12.3 Å². The van der Waals surface area contributed by atoms with Crippen molar-refractivity contribution in [2.45, 2.75) is 25.7 Å². The molecule has 0 saturated heterocycles. The fourth-order valence-corrected chi connectivity index (χ4v) is 3.44. The summed E-state index contributed by atoms with van der Waals surface area (Å²) in [6, 6.07) is 10.4. The Bertz CT molecular complexity index is 1090. The van der Waals surface area contributed by atoms with Gasteiger partial charge in [0.25, 0.3) is 5.69 Å². The highest BCUT2D eigenvalue weighted by molar-refractivity contribution is 7.13. The molecular formula is C20H16F3N3O4S. The molecule has 1 heterocycles. The minimum atomic E-state index is -4.72. The van der Waals surface area contributed by atoms with E-state index >= 15 is 0 Å². The molecule has 0 aliphatic heterocycles. The number of anilines is 1. The fraction of sp³-hybridized carbons (Fsp3) is 0.200. The largest absolute Gasteiger partial charge is 0.458 e. The van der Waals surface area contributed by atoms with E-state index in [1.54, 1.807) is 5.38 Å². The van der Waals surface area contributed by atoms with Crippen molar-refractivity contribution in [2.75, 3.05) is 5.32 Å². The molecule has 1 N–H and O–H groups in total. The van der Waals surface area contributed by atoms with Crippen molar-refractivity contribution in [3.05, 3.63) is 75.3 Å². The average molecular weight is 451 g/mol. The molecule has 7 nitrogen and oxygen atoms in total. The van der Waals surface area contributed by atoms with E-state index in [4.69, 9.17) is 4.74 Å². The molecule has 3 rings (SSSR count). The maximum atomic E-state index is 12.8. The number of benzene rings is 2. The van der Waals surface area contributed by atoms with Crippen molar-refractivity contribution in [3.8, 4) is 10.6 Å². The predicted molar refractivity (Wildman–Crippen MR) is 109 cm³/mol. The number of nitrogens with one attached hydrogen (secondary N) is 1. The second kappa shape index (κ2) is 9.13. The van der Waals surface area contributed by atoms with Gasteiger partial charge in [-0.1, -0.05) is 30.3 Å². The number of carbonyl (C=O) groups excluding carboxylic acids is 1. The Morgan fingerprint density at radius 1 is 1.26 bits per heavy atom. The highest BCUT2D eigenvalue weighted by atomic mass is 32.1. The Labute approximate surface area is 178 Å². The van der Waals surface area contributed by atoms with E-state index in [9.17, 15) is 28.1 Å². The van der Waals surface area contributed by atoms with Gasteiger partial charge in [-0.3, -0.25) is 10.1 Å². The third-order valence-corrected chi connectivity index (χ3v) is 5.12. The number of hydrogen-bond donors (Lipinski definition) is 1. The number of nitrogens with zero attached hydrogens (tertiary/aromatic N) is 2. The van der Waals surface area contributed by atoms with Gasteiger partial charge in [-0.2, -0.15) is 13.2 Å². The van der Waals surface area contributed by atoms with Crippen molar-refractivity contribution in [3.63, 3.8) is 0 Å². The Morgan fingerprint density at radius 2 is 1.97 bits per heavy atom. The van der Waals surface area contributed by atoms with Gasteiger partial charge >= 0.3 is 12.1 Å². The molecule has 3 aromatic rings. The number of nitro benzene ring substituents is 1. The third kappa shape index (κ3) is 5.57. The van der Waals surface area contributed by atoms with Gasteiger partial charge in [0.2, 0.25) is 0 Å². The number of halogens is 3. The Balaban J connectivity index is 1.63. The molecular weight excluding hydrogens is 435 g/mol. The van der Waals surface area contributed by atoms with Crippen LogP contribution in [0, 0.1) is 10.1 Å². The Kier molecular flexibility index (Phi) is 6.54. The summed E-state index contributed by atoms with van der Waals surface area (Å²) >= 11 is 1.39. The van der Waals surface area contributed by atoms with Gasteiger partial charge in [0, 0.05) is 17.0 Å². The molecule has 1 aromatic heterocycles. The van der Waals surface area contributed by atoms with Gasteiger partial charge < -0.3 is 10.1 Å². The third-order valence-electron chi connectivity index (χ3n) is 4.18. The summed E-state index contributed by atoms with van der Waals surface area (Å²) in [7, 11) is 0. The van der Waals surface area contributed by atoms with Crippen molar-refractivity contribution >= 4 is 28.7 Å². The Morgan fingerprint density at radius 3 is 2.61 bits per heavy atom. The van der Waals surface area contributed by atoms with Crippen molar-refractivity contribution in [1.29, 1.82) is 0 Å². The zero-order valence-corrected chi connectivity index (χ0v) is 16.9. The molecule has 0 spiro atoms. The molecule has 0 fully saturated rings. The number of thiazole rings is 1. The van der Waals surface area contributed by atoms with Crippen LogP contribution in [-0.4, -0.2) is 21.9 Å². The van der Waals surface area contributed by atoms with Crippen LogP contribution in [0.4, 0.5) is 24.5 Å². The van der Waals surface area contributed by atoms with E-state index < -0.39 is 34.4 Å². The van der Waals surface area contributed by atoms with Crippen LogP contribution in [0.2, 0.25) is 0 Å². The summed E-state index contributed by atoms with van der Waals surface area (Å²) < 4.78 is 43.6. The van der Waals surface area contributed by atoms with Crippen LogP contribution in [0.15, 0.2) is 53.9 Å². The summed E-state index contributed by atoms with van der Waals surface area (Å²) in [5.74, 6) is -0.733. The van der Waals surface area contributed by atoms with E-state index in [1.807, 2.05) is 30.3 Å². The van der Waals surface area contributed by atoms with Gasteiger partial charge in [0.05, 0.1) is 16.2 Å². The lowest BCUT2D eigenvalue weighted by atomic mass is 10.1. The van der Waals surface area contributed by atoms with Crippen LogP contribution in [0.1, 0.15) is 18.2 Å². The number of hydrogen-bond acceptors (Lipinski definition) is 7. The van der Waals surface area contributed by atoms with E-state index in [1.165, 1.54) is 18.3 Å². The molecule has 0 amide bonds. The fourth-order valence-electron chi connectivity index (χ4n) is 2.63. The van der Waals surface area contributed by atoms with Crippen LogP contribution >= 0.6 is 11.3 Å². The topological polar surface area (TPSA) is 94.4 Å². The van der Waals surface area contributed by atoms with Crippen LogP contribution in [0.3, 0.4) is 0 Å². The summed E-state index contributed by atoms with van der Waals surface area (Å²) in [5, 5.41) is 16.2. The number of aromatic nitrogens is 1. The molecule has 31 heavy (non-hydrogen) atoms. The zero-order valence-electron chi connectivity index (χ0n) is 16.1. The Hall–Kier alpha value is -3.47. The summed E-state index contributed by atoms with van der Waals surface area (Å²) in [6.07, 6.45) is -4.72.